The summed E-state index contributed by atoms with van der Waals surface area (Å²) >= 11 is 7.65. The van der Waals surface area contributed by atoms with Crippen molar-refractivity contribution < 1.29 is 4.79 Å². The van der Waals surface area contributed by atoms with Crippen LogP contribution in [0.25, 0.3) is 0 Å². The van der Waals surface area contributed by atoms with Gasteiger partial charge in [0, 0.05) is 27.9 Å². The molecular formula is C19H23ClN2OS. The Kier molecular flexibility index (Phi) is 7.00. The smallest absolute Gasteiger partial charge is 0.319 e. The van der Waals surface area contributed by atoms with Gasteiger partial charge in [0.25, 0.3) is 0 Å². The van der Waals surface area contributed by atoms with Gasteiger partial charge < -0.3 is 10.6 Å². The Morgan fingerprint density at radius 3 is 2.50 bits per heavy atom. The molecule has 0 unspecified atom stereocenters. The number of carbonyl (C=O) groups excluding carboxylic acids is 1. The van der Waals surface area contributed by atoms with Gasteiger partial charge >= 0.3 is 6.03 Å². The Labute approximate surface area is 153 Å². The molecule has 2 aromatic carbocycles. The SMILES string of the molecule is Cc1ccc(NC(=O)NC[C@H](C)CSc2ccc(Cl)cc2)cc1C. The standard InChI is InChI=1S/C19H23ClN2OS/c1-13(12-24-18-8-5-16(20)6-9-18)11-21-19(23)22-17-7-4-14(2)15(3)10-17/h4-10,13H,11-12H2,1-3H3,(H2,21,22,23)/t13-/m0/s1. The van der Waals surface area contributed by atoms with E-state index in [2.05, 4.69) is 24.5 Å². The molecule has 5 heteroatoms. The fourth-order valence-corrected chi connectivity index (χ4v) is 3.14. The minimum atomic E-state index is -0.165. The average Bonchev–Trinajstić information content (AvgIpc) is 2.56. The predicted octanol–water partition coefficient (Wildman–Crippen LogP) is 5.51. The molecule has 0 bridgehead atoms. The van der Waals surface area contributed by atoms with Crippen molar-refractivity contribution in [2.24, 2.45) is 5.92 Å². The van der Waals surface area contributed by atoms with Crippen LogP contribution in [0, 0.1) is 19.8 Å². The van der Waals surface area contributed by atoms with Gasteiger partial charge in [-0.05, 0) is 67.3 Å². The van der Waals surface area contributed by atoms with Gasteiger partial charge in [0.05, 0.1) is 0 Å². The van der Waals surface area contributed by atoms with Gasteiger partial charge in [0.2, 0.25) is 0 Å². The highest BCUT2D eigenvalue weighted by Gasteiger charge is 2.07. The van der Waals surface area contributed by atoms with E-state index in [4.69, 9.17) is 11.6 Å². The molecule has 0 saturated carbocycles. The molecule has 128 valence electrons. The van der Waals surface area contributed by atoms with Crippen LogP contribution in [0.4, 0.5) is 10.5 Å². The number of carbonyl (C=O) groups is 1. The fourth-order valence-electron chi connectivity index (χ4n) is 2.09. The number of rotatable bonds is 6. The molecule has 2 N–H and O–H groups in total. The van der Waals surface area contributed by atoms with Crippen molar-refractivity contribution in [2.45, 2.75) is 25.7 Å². The van der Waals surface area contributed by atoms with Crippen molar-refractivity contribution in [3.05, 3.63) is 58.6 Å². The second-order valence-electron chi connectivity index (χ2n) is 6.00. The summed E-state index contributed by atoms with van der Waals surface area (Å²) in [6.07, 6.45) is 0. The third-order valence-corrected chi connectivity index (χ3v) is 5.32. The van der Waals surface area contributed by atoms with E-state index < -0.39 is 0 Å². The van der Waals surface area contributed by atoms with Crippen LogP contribution in [0.5, 0.6) is 0 Å². The van der Waals surface area contributed by atoms with E-state index in [-0.39, 0.29) is 6.03 Å². The van der Waals surface area contributed by atoms with Gasteiger partial charge in [-0.3, -0.25) is 0 Å². The lowest BCUT2D eigenvalue weighted by atomic mass is 10.1. The second kappa shape index (κ2) is 9.00. The molecule has 2 rings (SSSR count). The molecule has 2 amide bonds. The van der Waals surface area contributed by atoms with Crippen LogP contribution in [0.1, 0.15) is 18.1 Å². The molecule has 0 aliphatic carbocycles. The van der Waals surface area contributed by atoms with E-state index in [9.17, 15) is 4.79 Å². The van der Waals surface area contributed by atoms with E-state index in [1.807, 2.05) is 49.4 Å². The van der Waals surface area contributed by atoms with Gasteiger partial charge in [-0.25, -0.2) is 4.79 Å². The van der Waals surface area contributed by atoms with E-state index in [0.717, 1.165) is 16.5 Å². The quantitative estimate of drug-likeness (QED) is 0.665. The summed E-state index contributed by atoms with van der Waals surface area (Å²) in [6.45, 7) is 6.85. The van der Waals surface area contributed by atoms with Crippen LogP contribution >= 0.6 is 23.4 Å². The molecule has 0 aromatic heterocycles. The first-order chi connectivity index (χ1) is 11.4. The summed E-state index contributed by atoms with van der Waals surface area (Å²) in [5, 5.41) is 6.55. The van der Waals surface area contributed by atoms with Crippen molar-refractivity contribution in [1.82, 2.24) is 5.32 Å². The number of nitrogens with one attached hydrogen (secondary N) is 2. The number of hydrogen-bond donors (Lipinski definition) is 2. The molecule has 0 aliphatic heterocycles. The van der Waals surface area contributed by atoms with E-state index in [1.165, 1.54) is 16.0 Å². The van der Waals surface area contributed by atoms with Gasteiger partial charge in [-0.15, -0.1) is 11.8 Å². The molecular weight excluding hydrogens is 340 g/mol. The molecule has 3 nitrogen and oxygen atoms in total. The third kappa shape index (κ3) is 6.10. The number of benzene rings is 2. The highest BCUT2D eigenvalue weighted by Crippen LogP contribution is 2.22. The Morgan fingerprint density at radius 1 is 1.12 bits per heavy atom. The Balaban J connectivity index is 1.72. The number of aryl methyl sites for hydroxylation is 2. The lowest BCUT2D eigenvalue weighted by Gasteiger charge is -2.13. The maximum Gasteiger partial charge on any atom is 0.319 e. The number of amides is 2. The van der Waals surface area contributed by atoms with Crippen molar-refractivity contribution >= 4 is 35.1 Å². The second-order valence-corrected chi connectivity index (χ2v) is 7.53. The lowest BCUT2D eigenvalue weighted by Crippen LogP contribution is -2.33. The van der Waals surface area contributed by atoms with Crippen molar-refractivity contribution in [3.63, 3.8) is 0 Å². The Hall–Kier alpha value is -1.65. The van der Waals surface area contributed by atoms with Gasteiger partial charge in [-0.2, -0.15) is 0 Å². The van der Waals surface area contributed by atoms with Crippen molar-refractivity contribution in [3.8, 4) is 0 Å². The summed E-state index contributed by atoms with van der Waals surface area (Å²) < 4.78 is 0. The summed E-state index contributed by atoms with van der Waals surface area (Å²) in [5.41, 5.74) is 3.20. The highest BCUT2D eigenvalue weighted by molar-refractivity contribution is 7.99. The monoisotopic (exact) mass is 362 g/mol. The average molecular weight is 363 g/mol. The molecule has 0 heterocycles. The van der Waals surface area contributed by atoms with Crippen LogP contribution < -0.4 is 10.6 Å². The van der Waals surface area contributed by atoms with Crippen molar-refractivity contribution in [1.29, 1.82) is 0 Å². The van der Waals surface area contributed by atoms with Crippen LogP contribution in [-0.2, 0) is 0 Å². The minimum Gasteiger partial charge on any atom is -0.338 e. The summed E-state index contributed by atoms with van der Waals surface area (Å²) in [4.78, 5) is 13.2. The third-order valence-electron chi connectivity index (χ3n) is 3.72. The molecule has 24 heavy (non-hydrogen) atoms. The minimum absolute atomic E-state index is 0.165. The summed E-state index contributed by atoms with van der Waals surface area (Å²) in [6, 6.07) is 13.6. The first kappa shape index (κ1) is 18.7. The first-order valence-electron chi connectivity index (χ1n) is 7.94. The van der Waals surface area contributed by atoms with Crippen LogP contribution in [-0.4, -0.2) is 18.3 Å². The van der Waals surface area contributed by atoms with E-state index in [1.54, 1.807) is 11.8 Å². The number of halogens is 1. The maximum absolute atomic E-state index is 12.0. The first-order valence-corrected chi connectivity index (χ1v) is 9.31. The predicted molar refractivity (Wildman–Crippen MR) is 104 cm³/mol. The number of hydrogen-bond acceptors (Lipinski definition) is 2. The topological polar surface area (TPSA) is 41.1 Å². The van der Waals surface area contributed by atoms with Crippen LogP contribution in [0.2, 0.25) is 5.02 Å². The zero-order chi connectivity index (χ0) is 17.5. The molecule has 1 atom stereocenters. The lowest BCUT2D eigenvalue weighted by molar-refractivity contribution is 0.251. The zero-order valence-corrected chi connectivity index (χ0v) is 15.8. The highest BCUT2D eigenvalue weighted by atomic mass is 35.5. The van der Waals surface area contributed by atoms with Gasteiger partial charge in [0.1, 0.15) is 0 Å². The van der Waals surface area contributed by atoms with Crippen molar-refractivity contribution in [2.75, 3.05) is 17.6 Å². The van der Waals surface area contributed by atoms with E-state index in [0.29, 0.717) is 12.5 Å². The number of anilines is 1. The molecule has 0 fully saturated rings. The van der Waals surface area contributed by atoms with Crippen LogP contribution in [0.3, 0.4) is 0 Å². The number of thioether (sulfide) groups is 1. The number of urea groups is 1. The largest absolute Gasteiger partial charge is 0.338 e. The molecule has 0 radical (unpaired) electrons. The van der Waals surface area contributed by atoms with Gasteiger partial charge in [0.15, 0.2) is 0 Å². The molecule has 0 spiro atoms. The molecule has 0 aliphatic rings. The summed E-state index contributed by atoms with van der Waals surface area (Å²) in [5.74, 6) is 1.31. The van der Waals surface area contributed by atoms with Crippen LogP contribution in [0.15, 0.2) is 47.4 Å². The maximum atomic E-state index is 12.0. The Morgan fingerprint density at radius 2 is 1.83 bits per heavy atom. The molecule has 2 aromatic rings. The van der Waals surface area contributed by atoms with E-state index >= 15 is 0 Å². The Bertz CT molecular complexity index is 688. The van der Waals surface area contributed by atoms with Gasteiger partial charge in [-0.1, -0.05) is 24.6 Å². The molecule has 0 saturated heterocycles. The summed E-state index contributed by atoms with van der Waals surface area (Å²) in [7, 11) is 0. The fraction of sp³-hybridized carbons (Fsp3) is 0.316. The zero-order valence-electron chi connectivity index (χ0n) is 14.2. The normalized spacial score (nSPS) is 11.8.